The number of nitrogens with one attached hydrogen (secondary N) is 1. The first-order valence-electron chi connectivity index (χ1n) is 10.8. The first kappa shape index (κ1) is 25.5. The molecule has 1 aromatic carbocycles. The molecule has 0 unspecified atom stereocenters. The van der Waals surface area contributed by atoms with E-state index in [1.807, 2.05) is 56.2 Å². The Morgan fingerprint density at radius 2 is 1.91 bits per heavy atom. The van der Waals surface area contributed by atoms with Gasteiger partial charge in [-0.1, -0.05) is 32.9 Å². The van der Waals surface area contributed by atoms with Gasteiger partial charge in [0.1, 0.15) is 5.67 Å². The lowest BCUT2D eigenvalue weighted by Gasteiger charge is -2.40. The largest absolute Gasteiger partial charge is 0.324 e. The van der Waals surface area contributed by atoms with Crippen molar-refractivity contribution >= 4 is 51.9 Å². The monoisotopic (exact) mass is 504 g/mol. The molecule has 6 nitrogen and oxygen atoms in total. The molecule has 33 heavy (non-hydrogen) atoms. The van der Waals surface area contributed by atoms with Crippen molar-refractivity contribution in [1.82, 2.24) is 24.5 Å². The average molecular weight is 505 g/mol. The number of hydrogen-bond donors (Lipinski definition) is 3. The molecule has 1 fully saturated rings. The van der Waals surface area contributed by atoms with E-state index in [-0.39, 0.29) is 0 Å². The van der Waals surface area contributed by atoms with Crippen LogP contribution in [-0.2, 0) is 12.7 Å². The Morgan fingerprint density at radius 3 is 2.64 bits per heavy atom. The number of fused-ring (bicyclic) bond motifs is 1. The van der Waals surface area contributed by atoms with E-state index in [1.54, 1.807) is 29.2 Å². The standard InChI is InChI=1S/C21H21FN6S.C2H6.H2S2/c1-14-9-21(22,10-14)16-6-7-23-19(8-16)28-13-17(12-25-28)29-26-18-5-3-4-15-11-24-27(2)20(15)18;2*1-2/h3-8,11-14,26H,9-10H2,1-2H3;1-2H3;1-2H. The topological polar surface area (TPSA) is 60.6 Å². The maximum Gasteiger partial charge on any atom is 0.153 e. The molecule has 0 radical (unpaired) electrons. The van der Waals surface area contributed by atoms with E-state index >= 15 is 0 Å². The number of para-hydroxylation sites is 1. The molecule has 1 aliphatic rings. The summed E-state index contributed by atoms with van der Waals surface area (Å²) in [5, 5.41) is 9.80. The smallest absolute Gasteiger partial charge is 0.153 e. The number of alkyl halides is 1. The third kappa shape index (κ3) is 5.50. The van der Waals surface area contributed by atoms with Gasteiger partial charge in [0, 0.05) is 24.8 Å². The summed E-state index contributed by atoms with van der Waals surface area (Å²) in [6.07, 6.45) is 8.31. The summed E-state index contributed by atoms with van der Waals surface area (Å²) in [4.78, 5) is 5.30. The lowest BCUT2D eigenvalue weighted by Crippen LogP contribution is -2.35. The third-order valence-corrected chi connectivity index (χ3v) is 6.21. The van der Waals surface area contributed by atoms with Crippen molar-refractivity contribution < 1.29 is 4.39 Å². The SMILES string of the molecule is CC.CC1CC(F)(c2ccnc(-n3cc(SNc4cccc5cnn(C)c45)cn3)c2)C1.SS. The second-order valence-electron chi connectivity index (χ2n) is 7.72. The summed E-state index contributed by atoms with van der Waals surface area (Å²) in [7, 11) is 1.93. The molecule has 5 rings (SSSR count). The molecule has 0 aliphatic heterocycles. The summed E-state index contributed by atoms with van der Waals surface area (Å²) >= 11 is 7.91. The van der Waals surface area contributed by atoms with Crippen LogP contribution in [-0.4, -0.2) is 24.5 Å². The van der Waals surface area contributed by atoms with Crippen molar-refractivity contribution in [2.24, 2.45) is 13.0 Å². The zero-order valence-corrected chi connectivity index (χ0v) is 21.7. The lowest BCUT2D eigenvalue weighted by molar-refractivity contribution is 0.0113. The molecule has 3 heterocycles. The molecular formula is C23H29FN6S3. The molecule has 3 aromatic heterocycles. The van der Waals surface area contributed by atoms with E-state index in [0.717, 1.165) is 21.5 Å². The fraction of sp³-hybridized carbons (Fsp3) is 0.348. The number of rotatable bonds is 5. The van der Waals surface area contributed by atoms with Gasteiger partial charge in [0.2, 0.25) is 0 Å². The molecule has 0 atom stereocenters. The zero-order chi connectivity index (χ0) is 24.0. The molecule has 1 saturated carbocycles. The van der Waals surface area contributed by atoms with Crippen LogP contribution in [0, 0.1) is 5.92 Å². The number of hydrogen-bond acceptors (Lipinski definition) is 7. The average Bonchev–Trinajstić information content (AvgIpc) is 3.47. The van der Waals surface area contributed by atoms with Gasteiger partial charge < -0.3 is 4.72 Å². The second kappa shape index (κ2) is 11.3. The quantitative estimate of drug-likeness (QED) is 0.161. The first-order chi connectivity index (χ1) is 16.0. The van der Waals surface area contributed by atoms with Crippen molar-refractivity contribution in [1.29, 1.82) is 0 Å². The molecule has 0 saturated heterocycles. The summed E-state index contributed by atoms with van der Waals surface area (Å²) in [6, 6.07) is 9.63. The Kier molecular flexibility index (Phi) is 8.72. The number of thiol groups is 2. The minimum absolute atomic E-state index is 0.430. The highest BCUT2D eigenvalue weighted by molar-refractivity contribution is 8.59. The zero-order valence-electron chi connectivity index (χ0n) is 19.1. The van der Waals surface area contributed by atoms with Crippen LogP contribution in [0.25, 0.3) is 16.7 Å². The number of nitrogens with zero attached hydrogens (tertiary/aromatic N) is 5. The minimum atomic E-state index is -1.23. The third-order valence-electron chi connectivity index (χ3n) is 5.44. The van der Waals surface area contributed by atoms with Gasteiger partial charge >= 0.3 is 0 Å². The highest BCUT2D eigenvalue weighted by Crippen LogP contribution is 2.48. The Morgan fingerprint density at radius 1 is 1.15 bits per heavy atom. The molecule has 1 aliphatic carbocycles. The van der Waals surface area contributed by atoms with Gasteiger partial charge in [-0.2, -0.15) is 10.2 Å². The maximum absolute atomic E-state index is 15.0. The van der Waals surface area contributed by atoms with Gasteiger partial charge in [-0.05, 0) is 54.5 Å². The summed E-state index contributed by atoms with van der Waals surface area (Å²) in [6.45, 7) is 6.08. The Balaban J connectivity index is 0.000000728. The number of aromatic nitrogens is 5. The lowest BCUT2D eigenvalue weighted by atomic mass is 9.70. The normalized spacial score (nSPS) is 19.1. The van der Waals surface area contributed by atoms with E-state index in [2.05, 4.69) is 50.1 Å². The number of anilines is 1. The molecule has 1 N–H and O–H groups in total. The minimum Gasteiger partial charge on any atom is -0.324 e. The van der Waals surface area contributed by atoms with Crippen LogP contribution < -0.4 is 4.72 Å². The first-order valence-corrected chi connectivity index (χ1v) is 13.2. The summed E-state index contributed by atoms with van der Waals surface area (Å²) in [5.74, 6) is 1.05. The van der Waals surface area contributed by atoms with E-state index < -0.39 is 5.67 Å². The number of pyridine rings is 1. The van der Waals surface area contributed by atoms with Crippen molar-refractivity contribution in [2.75, 3.05) is 4.72 Å². The fourth-order valence-corrected chi connectivity index (χ4v) is 4.66. The molecule has 4 aromatic rings. The van der Waals surface area contributed by atoms with Gasteiger partial charge in [0.25, 0.3) is 0 Å². The van der Waals surface area contributed by atoms with Crippen LogP contribution in [0.4, 0.5) is 10.1 Å². The Labute approximate surface area is 208 Å². The van der Waals surface area contributed by atoms with Gasteiger partial charge in [-0.25, -0.2) is 14.1 Å². The Bertz CT molecular complexity index is 1190. The predicted molar refractivity (Wildman–Crippen MR) is 142 cm³/mol. The molecular weight excluding hydrogens is 475 g/mol. The number of benzene rings is 1. The van der Waals surface area contributed by atoms with Gasteiger partial charge in [-0.15, -0.1) is 23.3 Å². The van der Waals surface area contributed by atoms with Crippen molar-refractivity contribution in [3.63, 3.8) is 0 Å². The van der Waals surface area contributed by atoms with Crippen LogP contribution in [0.15, 0.2) is 60.0 Å². The second-order valence-corrected chi connectivity index (χ2v) is 8.60. The van der Waals surface area contributed by atoms with Crippen LogP contribution in [0.1, 0.15) is 39.2 Å². The maximum atomic E-state index is 15.0. The van der Waals surface area contributed by atoms with Gasteiger partial charge in [-0.3, -0.25) is 4.68 Å². The molecule has 10 heteroatoms. The van der Waals surface area contributed by atoms with E-state index in [9.17, 15) is 4.39 Å². The number of halogens is 1. The van der Waals surface area contributed by atoms with Crippen LogP contribution in [0.3, 0.4) is 0 Å². The predicted octanol–water partition coefficient (Wildman–Crippen LogP) is 6.66. The molecule has 0 bridgehead atoms. The molecule has 0 amide bonds. The fourth-order valence-electron chi connectivity index (χ4n) is 4.02. The van der Waals surface area contributed by atoms with Crippen LogP contribution in [0.5, 0.6) is 0 Å². The van der Waals surface area contributed by atoms with Gasteiger partial charge in [0.05, 0.1) is 28.5 Å². The highest BCUT2D eigenvalue weighted by atomic mass is 33.1. The molecule has 176 valence electrons. The number of aryl methyl sites for hydroxylation is 1. The van der Waals surface area contributed by atoms with E-state index in [4.69, 9.17) is 0 Å². The van der Waals surface area contributed by atoms with Gasteiger partial charge in [0.15, 0.2) is 5.82 Å². The summed E-state index contributed by atoms with van der Waals surface area (Å²) < 4.78 is 21.9. The van der Waals surface area contributed by atoms with E-state index in [1.165, 1.54) is 11.9 Å². The van der Waals surface area contributed by atoms with E-state index in [0.29, 0.717) is 30.1 Å². The highest BCUT2D eigenvalue weighted by Gasteiger charge is 2.44. The van der Waals surface area contributed by atoms with Crippen molar-refractivity contribution in [3.05, 3.63) is 60.7 Å². The van der Waals surface area contributed by atoms with Crippen molar-refractivity contribution in [2.45, 2.75) is 44.2 Å². The van der Waals surface area contributed by atoms with Crippen molar-refractivity contribution in [3.8, 4) is 5.82 Å². The molecule has 0 spiro atoms. The summed E-state index contributed by atoms with van der Waals surface area (Å²) in [5.41, 5.74) is 1.49. The Hall–Kier alpha value is -2.17. The van der Waals surface area contributed by atoms with Crippen LogP contribution >= 0.6 is 35.3 Å². The van der Waals surface area contributed by atoms with Crippen LogP contribution in [0.2, 0.25) is 0 Å².